The molecule has 0 fully saturated rings. The van der Waals surface area contributed by atoms with Crippen LogP contribution in [0.3, 0.4) is 0 Å². The van der Waals surface area contributed by atoms with E-state index in [1.165, 1.54) is 0 Å². The third kappa shape index (κ3) is 3.48. The maximum atomic E-state index is 12.1. The lowest BCUT2D eigenvalue weighted by atomic mass is 10.0. The van der Waals surface area contributed by atoms with Gasteiger partial charge in [0.1, 0.15) is 5.88 Å². The van der Waals surface area contributed by atoms with Crippen LogP contribution in [0.4, 0.5) is 0 Å². The summed E-state index contributed by atoms with van der Waals surface area (Å²) in [6.45, 7) is 0.729. The van der Waals surface area contributed by atoms with Gasteiger partial charge in [-0.25, -0.2) is 0 Å². The predicted molar refractivity (Wildman–Crippen MR) is 80.0 cm³/mol. The molecule has 0 saturated heterocycles. The minimum Gasteiger partial charge on any atom is -0.353 e. The Bertz CT molecular complexity index is 623. The van der Waals surface area contributed by atoms with E-state index in [0.29, 0.717) is 18.7 Å². The highest BCUT2D eigenvalue weighted by Crippen LogP contribution is 2.18. The molecular formula is C15H15ClN2O2. The average Bonchev–Trinajstić information content (AvgIpc) is 2.50. The first-order valence-electron chi connectivity index (χ1n) is 6.31. The fourth-order valence-electron chi connectivity index (χ4n) is 1.94. The molecule has 0 heterocycles. The molecule has 4 nitrogen and oxygen atoms in total. The number of benzene rings is 2. The molecule has 0 aromatic heterocycles. The second-order valence-corrected chi connectivity index (χ2v) is 4.53. The third-order valence-electron chi connectivity index (χ3n) is 2.89. The lowest BCUT2D eigenvalue weighted by Crippen LogP contribution is -2.35. The molecule has 104 valence electrons. The zero-order valence-electron chi connectivity index (χ0n) is 10.9. The number of hydrogen-bond acceptors (Lipinski definition) is 2. The van der Waals surface area contributed by atoms with E-state index in [1.807, 2.05) is 36.4 Å². The van der Waals surface area contributed by atoms with Gasteiger partial charge in [0.25, 0.3) is 5.91 Å². The van der Waals surface area contributed by atoms with Crippen LogP contribution in [-0.2, 0) is 4.79 Å². The van der Waals surface area contributed by atoms with Gasteiger partial charge >= 0.3 is 0 Å². The highest BCUT2D eigenvalue weighted by molar-refractivity contribution is 6.27. The van der Waals surface area contributed by atoms with Crippen molar-refractivity contribution in [2.24, 2.45) is 0 Å². The fraction of sp³-hybridized carbons (Fsp3) is 0.200. The van der Waals surface area contributed by atoms with E-state index in [9.17, 15) is 9.59 Å². The third-order valence-corrected chi connectivity index (χ3v) is 3.13. The van der Waals surface area contributed by atoms with Crippen LogP contribution in [0.15, 0.2) is 42.5 Å². The second kappa shape index (κ2) is 6.91. The zero-order chi connectivity index (χ0) is 14.4. The minimum atomic E-state index is -0.244. The lowest BCUT2D eigenvalue weighted by molar-refractivity contribution is -0.118. The highest BCUT2D eigenvalue weighted by atomic mass is 35.5. The summed E-state index contributed by atoms with van der Waals surface area (Å²) in [4.78, 5) is 23.1. The molecule has 20 heavy (non-hydrogen) atoms. The summed E-state index contributed by atoms with van der Waals surface area (Å²) >= 11 is 5.36. The van der Waals surface area contributed by atoms with Crippen LogP contribution in [0.1, 0.15) is 10.4 Å². The average molecular weight is 291 g/mol. The van der Waals surface area contributed by atoms with Crippen molar-refractivity contribution >= 4 is 34.2 Å². The Hall–Kier alpha value is -2.07. The fourth-order valence-corrected chi connectivity index (χ4v) is 2.04. The summed E-state index contributed by atoms with van der Waals surface area (Å²) in [6.07, 6.45) is 0. The van der Waals surface area contributed by atoms with Gasteiger partial charge in [-0.15, -0.1) is 11.6 Å². The van der Waals surface area contributed by atoms with Crippen LogP contribution in [0, 0.1) is 0 Å². The number of fused-ring (bicyclic) bond motifs is 1. The minimum absolute atomic E-state index is 0.0722. The normalized spacial score (nSPS) is 10.2. The number of carbonyl (C=O) groups is 2. The summed E-state index contributed by atoms with van der Waals surface area (Å²) in [5.41, 5.74) is 0.631. The number of alkyl halides is 1. The van der Waals surface area contributed by atoms with Gasteiger partial charge in [-0.3, -0.25) is 9.59 Å². The molecule has 5 heteroatoms. The van der Waals surface area contributed by atoms with Crippen molar-refractivity contribution in [3.63, 3.8) is 0 Å². The van der Waals surface area contributed by atoms with E-state index in [-0.39, 0.29) is 17.7 Å². The van der Waals surface area contributed by atoms with Gasteiger partial charge in [0.15, 0.2) is 0 Å². The lowest BCUT2D eigenvalue weighted by Gasteiger charge is -2.08. The molecule has 0 radical (unpaired) electrons. The van der Waals surface area contributed by atoms with Gasteiger partial charge in [-0.1, -0.05) is 36.4 Å². The molecule has 0 saturated carbocycles. The summed E-state index contributed by atoms with van der Waals surface area (Å²) in [6, 6.07) is 13.3. The summed E-state index contributed by atoms with van der Waals surface area (Å²) < 4.78 is 0. The Morgan fingerprint density at radius 2 is 1.65 bits per heavy atom. The smallest absolute Gasteiger partial charge is 0.251 e. The van der Waals surface area contributed by atoms with Gasteiger partial charge in [-0.2, -0.15) is 0 Å². The summed E-state index contributed by atoms with van der Waals surface area (Å²) in [5.74, 6) is -0.468. The van der Waals surface area contributed by atoms with E-state index in [2.05, 4.69) is 10.6 Å². The molecule has 2 N–H and O–H groups in total. The van der Waals surface area contributed by atoms with Crippen LogP contribution >= 0.6 is 11.6 Å². The molecule has 0 unspecified atom stereocenters. The molecule has 0 aliphatic carbocycles. The summed E-state index contributed by atoms with van der Waals surface area (Å²) in [7, 11) is 0. The zero-order valence-corrected chi connectivity index (χ0v) is 11.6. The maximum absolute atomic E-state index is 12.1. The van der Waals surface area contributed by atoms with Crippen molar-refractivity contribution in [1.29, 1.82) is 0 Å². The van der Waals surface area contributed by atoms with E-state index < -0.39 is 0 Å². The highest BCUT2D eigenvalue weighted by Gasteiger charge is 2.08. The Morgan fingerprint density at radius 1 is 0.950 bits per heavy atom. The van der Waals surface area contributed by atoms with Crippen molar-refractivity contribution in [3.05, 3.63) is 48.0 Å². The molecule has 0 aliphatic rings. The Labute approximate surface area is 122 Å². The van der Waals surface area contributed by atoms with Gasteiger partial charge in [-0.05, 0) is 16.8 Å². The Balaban J connectivity index is 1.99. The second-order valence-electron chi connectivity index (χ2n) is 4.27. The van der Waals surface area contributed by atoms with Crippen LogP contribution in [0.5, 0.6) is 0 Å². The first kappa shape index (κ1) is 14.3. The van der Waals surface area contributed by atoms with E-state index in [4.69, 9.17) is 11.6 Å². The van der Waals surface area contributed by atoms with Crippen molar-refractivity contribution < 1.29 is 9.59 Å². The molecule has 0 aliphatic heterocycles. The van der Waals surface area contributed by atoms with Crippen LogP contribution in [-0.4, -0.2) is 30.8 Å². The Morgan fingerprint density at radius 3 is 2.45 bits per heavy atom. The topological polar surface area (TPSA) is 58.2 Å². The quantitative estimate of drug-likeness (QED) is 0.653. The number of amides is 2. The largest absolute Gasteiger partial charge is 0.353 e. The van der Waals surface area contributed by atoms with Crippen molar-refractivity contribution in [2.45, 2.75) is 0 Å². The van der Waals surface area contributed by atoms with E-state index in [0.717, 1.165) is 10.8 Å². The van der Waals surface area contributed by atoms with Crippen molar-refractivity contribution in [3.8, 4) is 0 Å². The number of carbonyl (C=O) groups excluding carboxylic acids is 2. The SMILES string of the molecule is O=C(CCl)NCCNC(=O)c1cccc2ccccc12. The first-order chi connectivity index (χ1) is 9.72. The van der Waals surface area contributed by atoms with Crippen LogP contribution in [0.25, 0.3) is 10.8 Å². The van der Waals surface area contributed by atoms with E-state index in [1.54, 1.807) is 6.07 Å². The number of rotatable bonds is 5. The summed E-state index contributed by atoms with van der Waals surface area (Å²) in [5, 5.41) is 7.30. The molecule has 0 spiro atoms. The molecule has 2 rings (SSSR count). The molecule has 0 bridgehead atoms. The van der Waals surface area contributed by atoms with Gasteiger partial charge < -0.3 is 10.6 Å². The van der Waals surface area contributed by atoms with Crippen molar-refractivity contribution in [2.75, 3.05) is 19.0 Å². The molecule has 2 amide bonds. The molecule has 0 atom stereocenters. The van der Waals surface area contributed by atoms with E-state index >= 15 is 0 Å². The maximum Gasteiger partial charge on any atom is 0.251 e. The molecule has 2 aromatic rings. The van der Waals surface area contributed by atoms with Crippen molar-refractivity contribution in [1.82, 2.24) is 10.6 Å². The number of halogens is 1. The first-order valence-corrected chi connectivity index (χ1v) is 6.84. The van der Waals surface area contributed by atoms with Crippen LogP contribution in [0.2, 0.25) is 0 Å². The monoisotopic (exact) mass is 290 g/mol. The number of nitrogens with one attached hydrogen (secondary N) is 2. The van der Waals surface area contributed by atoms with Gasteiger partial charge in [0.05, 0.1) is 0 Å². The molecule has 2 aromatic carbocycles. The Kier molecular flexibility index (Phi) is 4.96. The van der Waals surface area contributed by atoms with Crippen LogP contribution < -0.4 is 10.6 Å². The van der Waals surface area contributed by atoms with Gasteiger partial charge in [0, 0.05) is 18.7 Å². The molecular weight excluding hydrogens is 276 g/mol. The predicted octanol–water partition coefficient (Wildman–Crippen LogP) is 1.92. The standard InChI is InChI=1S/C15H15ClN2O2/c16-10-14(19)17-8-9-18-15(20)13-7-3-5-11-4-1-2-6-12(11)13/h1-7H,8-10H2,(H,17,19)(H,18,20). The van der Waals surface area contributed by atoms with Gasteiger partial charge in [0.2, 0.25) is 5.91 Å². The number of hydrogen-bond donors (Lipinski definition) is 2.